The number of rotatable bonds is 3. The van der Waals surface area contributed by atoms with Gasteiger partial charge in [-0.2, -0.15) is 0 Å². The average molecular weight is 261 g/mol. The Morgan fingerprint density at radius 3 is 1.67 bits per heavy atom. The van der Waals surface area contributed by atoms with Gasteiger partial charge in [0.05, 0.1) is 7.11 Å². The first-order valence-corrected chi connectivity index (χ1v) is 5.95. The molecule has 0 bridgehead atoms. The van der Waals surface area contributed by atoms with Crippen LogP contribution in [-0.4, -0.2) is 13.1 Å². The van der Waals surface area contributed by atoms with E-state index in [0.717, 1.165) is 0 Å². The highest BCUT2D eigenvalue weighted by molar-refractivity contribution is 6.36. The molecule has 0 aliphatic rings. The third-order valence-electron chi connectivity index (χ3n) is 2.81. The molecule has 2 aromatic carbocycles. The summed E-state index contributed by atoms with van der Waals surface area (Å²) in [6.45, 7) is 0. The van der Waals surface area contributed by atoms with Gasteiger partial charge in [-0.25, -0.2) is 4.79 Å². The number of halogens is 1. The third-order valence-corrected chi connectivity index (χ3v) is 3.40. The average Bonchev–Trinajstić information content (AvgIpc) is 2.47. The summed E-state index contributed by atoms with van der Waals surface area (Å²) in [7, 11) is 1.34. The highest BCUT2D eigenvalue weighted by atomic mass is 35.5. The lowest BCUT2D eigenvalue weighted by atomic mass is 9.90. The number of methoxy groups -OCH3 is 1. The van der Waals surface area contributed by atoms with E-state index in [1.165, 1.54) is 7.11 Å². The Morgan fingerprint density at radius 1 is 0.944 bits per heavy atom. The Labute approximate surface area is 111 Å². The molecule has 0 saturated carbocycles. The van der Waals surface area contributed by atoms with Crippen LogP contribution in [0.4, 0.5) is 0 Å². The molecule has 0 N–H and O–H groups in total. The Morgan fingerprint density at radius 2 is 1.33 bits per heavy atom. The maximum absolute atomic E-state index is 12.1. The Bertz CT molecular complexity index is 483. The molecule has 0 aromatic heterocycles. The predicted octanol–water partition coefficient (Wildman–Crippen LogP) is 3.34. The minimum absolute atomic E-state index is 0.485. The van der Waals surface area contributed by atoms with Gasteiger partial charge in [-0.1, -0.05) is 72.3 Å². The van der Waals surface area contributed by atoms with Crippen molar-refractivity contribution in [3.63, 3.8) is 0 Å². The van der Waals surface area contributed by atoms with Crippen molar-refractivity contribution >= 4 is 17.6 Å². The van der Waals surface area contributed by atoms with Crippen molar-refractivity contribution in [3.8, 4) is 0 Å². The summed E-state index contributed by atoms with van der Waals surface area (Å²) in [6, 6.07) is 18.4. The van der Waals surface area contributed by atoms with E-state index >= 15 is 0 Å². The zero-order valence-electron chi connectivity index (χ0n) is 9.97. The number of carbonyl (C=O) groups excluding carboxylic acids is 1. The summed E-state index contributed by atoms with van der Waals surface area (Å²) in [4.78, 5) is 10.8. The zero-order chi connectivity index (χ0) is 13.0. The molecule has 0 amide bonds. The smallest absolute Gasteiger partial charge is 0.336 e. The van der Waals surface area contributed by atoms with E-state index in [1.54, 1.807) is 0 Å². The fourth-order valence-corrected chi connectivity index (χ4v) is 2.21. The van der Waals surface area contributed by atoms with Crippen LogP contribution in [0.5, 0.6) is 0 Å². The van der Waals surface area contributed by atoms with E-state index in [0.29, 0.717) is 11.1 Å². The van der Waals surface area contributed by atoms with Crippen molar-refractivity contribution in [2.45, 2.75) is 4.87 Å². The lowest BCUT2D eigenvalue weighted by Gasteiger charge is -2.25. The highest BCUT2D eigenvalue weighted by Gasteiger charge is 2.41. The lowest BCUT2D eigenvalue weighted by molar-refractivity contribution is -0.142. The molecule has 0 unspecified atom stereocenters. The fourth-order valence-electron chi connectivity index (χ4n) is 1.88. The van der Waals surface area contributed by atoms with Crippen LogP contribution in [0.1, 0.15) is 11.1 Å². The van der Waals surface area contributed by atoms with Gasteiger partial charge in [0.1, 0.15) is 0 Å². The van der Waals surface area contributed by atoms with Crippen molar-refractivity contribution in [2.75, 3.05) is 7.11 Å². The quantitative estimate of drug-likeness (QED) is 0.625. The molecule has 0 radical (unpaired) electrons. The van der Waals surface area contributed by atoms with Crippen LogP contribution >= 0.6 is 11.6 Å². The van der Waals surface area contributed by atoms with Crippen LogP contribution in [0, 0.1) is 0 Å². The van der Waals surface area contributed by atoms with Gasteiger partial charge in [-0.15, -0.1) is 0 Å². The van der Waals surface area contributed by atoms with Gasteiger partial charge >= 0.3 is 5.97 Å². The van der Waals surface area contributed by atoms with Gasteiger partial charge in [-0.05, 0) is 11.1 Å². The molecule has 3 heteroatoms. The van der Waals surface area contributed by atoms with Gasteiger partial charge < -0.3 is 4.74 Å². The Kier molecular flexibility index (Phi) is 3.68. The summed E-state index contributed by atoms with van der Waals surface area (Å²) in [6.07, 6.45) is 0. The first-order valence-electron chi connectivity index (χ1n) is 5.58. The SMILES string of the molecule is COC(=O)C(Cl)(c1ccccc1)c1ccccc1. The number of esters is 1. The van der Waals surface area contributed by atoms with Crippen molar-refractivity contribution in [2.24, 2.45) is 0 Å². The molecule has 0 fully saturated rings. The Balaban J connectivity index is 2.59. The minimum Gasteiger partial charge on any atom is -0.467 e. The summed E-state index contributed by atoms with van der Waals surface area (Å²) in [5.41, 5.74) is 1.40. The number of benzene rings is 2. The minimum atomic E-state index is -1.29. The monoisotopic (exact) mass is 260 g/mol. The van der Waals surface area contributed by atoms with E-state index < -0.39 is 10.8 Å². The van der Waals surface area contributed by atoms with Gasteiger partial charge in [0.2, 0.25) is 0 Å². The fraction of sp³-hybridized carbons (Fsp3) is 0.133. The second kappa shape index (κ2) is 5.23. The van der Waals surface area contributed by atoms with Crippen molar-refractivity contribution in [1.82, 2.24) is 0 Å². The molecule has 92 valence electrons. The van der Waals surface area contributed by atoms with E-state index in [2.05, 4.69) is 0 Å². The van der Waals surface area contributed by atoms with Crippen LogP contribution in [-0.2, 0) is 14.4 Å². The second-order valence-corrected chi connectivity index (χ2v) is 4.45. The van der Waals surface area contributed by atoms with Crippen LogP contribution in [0.3, 0.4) is 0 Å². The summed E-state index contributed by atoms with van der Waals surface area (Å²) in [5.74, 6) is -0.485. The molecule has 0 aliphatic carbocycles. The molecule has 0 saturated heterocycles. The number of alkyl halides is 1. The standard InChI is InChI=1S/C15H13ClO2/c1-18-14(17)15(16,12-8-4-2-5-9-12)13-10-6-3-7-11-13/h2-11H,1H3. The van der Waals surface area contributed by atoms with Crippen molar-refractivity contribution in [3.05, 3.63) is 71.8 Å². The molecule has 0 aliphatic heterocycles. The molecule has 2 rings (SSSR count). The van der Waals surface area contributed by atoms with Gasteiger partial charge in [0, 0.05) is 0 Å². The Hall–Kier alpha value is -1.80. The molecular formula is C15H13ClO2. The topological polar surface area (TPSA) is 26.3 Å². The van der Waals surface area contributed by atoms with Crippen molar-refractivity contribution in [1.29, 1.82) is 0 Å². The second-order valence-electron chi connectivity index (χ2n) is 3.88. The predicted molar refractivity (Wildman–Crippen MR) is 71.5 cm³/mol. The zero-order valence-corrected chi connectivity index (χ0v) is 10.7. The summed E-state index contributed by atoms with van der Waals surface area (Å²) < 4.78 is 4.85. The van der Waals surface area contributed by atoms with Crippen LogP contribution in [0.25, 0.3) is 0 Å². The number of hydrogen-bond acceptors (Lipinski definition) is 2. The summed E-state index contributed by atoms with van der Waals surface area (Å²) >= 11 is 6.57. The van der Waals surface area contributed by atoms with E-state index in [1.807, 2.05) is 60.7 Å². The largest absolute Gasteiger partial charge is 0.467 e. The summed E-state index contributed by atoms with van der Waals surface area (Å²) in [5, 5.41) is 0. The van der Waals surface area contributed by atoms with Gasteiger partial charge in [-0.3, -0.25) is 0 Å². The maximum Gasteiger partial charge on any atom is 0.336 e. The first-order chi connectivity index (χ1) is 8.69. The molecule has 0 heterocycles. The number of carbonyl (C=O) groups is 1. The highest BCUT2D eigenvalue weighted by Crippen LogP contribution is 2.37. The maximum atomic E-state index is 12.1. The molecule has 18 heavy (non-hydrogen) atoms. The van der Waals surface area contributed by atoms with Crippen molar-refractivity contribution < 1.29 is 9.53 Å². The van der Waals surface area contributed by atoms with Crippen LogP contribution in [0.2, 0.25) is 0 Å². The van der Waals surface area contributed by atoms with Crippen LogP contribution < -0.4 is 0 Å². The van der Waals surface area contributed by atoms with E-state index in [4.69, 9.17) is 16.3 Å². The van der Waals surface area contributed by atoms with E-state index in [-0.39, 0.29) is 0 Å². The molecule has 2 aromatic rings. The van der Waals surface area contributed by atoms with Crippen LogP contribution in [0.15, 0.2) is 60.7 Å². The van der Waals surface area contributed by atoms with Gasteiger partial charge in [0.15, 0.2) is 4.87 Å². The lowest BCUT2D eigenvalue weighted by Crippen LogP contribution is -2.32. The molecule has 0 spiro atoms. The molecule has 0 atom stereocenters. The van der Waals surface area contributed by atoms with E-state index in [9.17, 15) is 4.79 Å². The number of ether oxygens (including phenoxy) is 1. The normalized spacial score (nSPS) is 11.0. The molecular weight excluding hydrogens is 248 g/mol. The first kappa shape index (κ1) is 12.7. The number of hydrogen-bond donors (Lipinski definition) is 0. The van der Waals surface area contributed by atoms with Gasteiger partial charge in [0.25, 0.3) is 0 Å². The molecule has 2 nitrogen and oxygen atoms in total. The third kappa shape index (κ3) is 2.12.